The number of rotatable bonds is 5. The maximum Gasteiger partial charge on any atom is 0.343 e. The standard InChI is InChI=1S/C12H14O5/c1-8(13)10-6-9(15-2)4-5-11(10)17-7-12(14)16-3/h4-6H,7H2,1-3H3. The molecule has 0 saturated carbocycles. The molecular formula is C12H14O5. The summed E-state index contributed by atoms with van der Waals surface area (Å²) in [6.07, 6.45) is 0. The van der Waals surface area contributed by atoms with Crippen molar-refractivity contribution in [1.29, 1.82) is 0 Å². The van der Waals surface area contributed by atoms with Gasteiger partial charge >= 0.3 is 5.97 Å². The van der Waals surface area contributed by atoms with E-state index in [1.54, 1.807) is 18.2 Å². The van der Waals surface area contributed by atoms with Crippen LogP contribution in [-0.2, 0) is 9.53 Å². The fourth-order valence-electron chi connectivity index (χ4n) is 1.23. The highest BCUT2D eigenvalue weighted by atomic mass is 16.6. The normalized spacial score (nSPS) is 9.59. The van der Waals surface area contributed by atoms with Gasteiger partial charge in [0.1, 0.15) is 11.5 Å². The minimum absolute atomic E-state index is 0.163. The summed E-state index contributed by atoms with van der Waals surface area (Å²) >= 11 is 0. The third-order valence-corrected chi connectivity index (χ3v) is 2.14. The number of benzene rings is 1. The lowest BCUT2D eigenvalue weighted by molar-refractivity contribution is -0.142. The van der Waals surface area contributed by atoms with Crippen LogP contribution in [0.5, 0.6) is 11.5 Å². The molecule has 5 nitrogen and oxygen atoms in total. The number of ketones is 1. The summed E-state index contributed by atoms with van der Waals surface area (Å²) in [6.45, 7) is 1.18. The SMILES string of the molecule is COC(=O)COc1ccc(OC)cc1C(C)=O. The van der Waals surface area contributed by atoms with Gasteiger partial charge in [-0.15, -0.1) is 0 Å². The molecule has 1 rings (SSSR count). The fraction of sp³-hybridized carbons (Fsp3) is 0.333. The Bertz CT molecular complexity index is 425. The zero-order valence-corrected chi connectivity index (χ0v) is 9.98. The van der Waals surface area contributed by atoms with E-state index in [-0.39, 0.29) is 12.4 Å². The topological polar surface area (TPSA) is 61.8 Å². The van der Waals surface area contributed by atoms with Crippen LogP contribution in [0.4, 0.5) is 0 Å². The second kappa shape index (κ2) is 5.89. The molecule has 0 amide bonds. The monoisotopic (exact) mass is 238 g/mol. The highest BCUT2D eigenvalue weighted by Crippen LogP contribution is 2.24. The molecule has 17 heavy (non-hydrogen) atoms. The lowest BCUT2D eigenvalue weighted by atomic mass is 10.1. The van der Waals surface area contributed by atoms with Crippen molar-refractivity contribution in [3.8, 4) is 11.5 Å². The highest BCUT2D eigenvalue weighted by Gasteiger charge is 2.11. The first-order valence-corrected chi connectivity index (χ1v) is 4.97. The van der Waals surface area contributed by atoms with Crippen LogP contribution < -0.4 is 9.47 Å². The number of esters is 1. The molecule has 1 aromatic rings. The van der Waals surface area contributed by atoms with Crippen LogP contribution in [0.15, 0.2) is 18.2 Å². The molecule has 92 valence electrons. The van der Waals surface area contributed by atoms with Crippen molar-refractivity contribution in [2.24, 2.45) is 0 Å². The minimum Gasteiger partial charge on any atom is -0.497 e. The molecule has 0 unspecified atom stereocenters. The molecule has 0 N–H and O–H groups in total. The molecule has 0 aromatic heterocycles. The predicted octanol–water partition coefficient (Wildman–Crippen LogP) is 1.45. The van der Waals surface area contributed by atoms with Gasteiger partial charge in [-0.2, -0.15) is 0 Å². The number of Topliss-reactive ketones (excluding diaryl/α,β-unsaturated/α-hetero) is 1. The molecule has 0 spiro atoms. The largest absolute Gasteiger partial charge is 0.497 e. The minimum atomic E-state index is -0.504. The van der Waals surface area contributed by atoms with Gasteiger partial charge in [0.05, 0.1) is 19.8 Å². The Morgan fingerprint density at radius 3 is 2.47 bits per heavy atom. The van der Waals surface area contributed by atoms with Gasteiger partial charge in [0.2, 0.25) is 0 Å². The summed E-state index contributed by atoms with van der Waals surface area (Å²) < 4.78 is 14.7. The Hall–Kier alpha value is -2.04. The summed E-state index contributed by atoms with van der Waals surface area (Å²) in [5.41, 5.74) is 0.369. The van der Waals surface area contributed by atoms with Gasteiger partial charge in [0.15, 0.2) is 12.4 Å². The Balaban J connectivity index is 2.90. The second-order valence-corrected chi connectivity index (χ2v) is 3.28. The first-order chi connectivity index (χ1) is 8.08. The zero-order chi connectivity index (χ0) is 12.8. The van der Waals surface area contributed by atoms with Crippen LogP contribution in [0.25, 0.3) is 0 Å². The number of methoxy groups -OCH3 is 2. The van der Waals surface area contributed by atoms with Gasteiger partial charge in [-0.05, 0) is 25.1 Å². The third-order valence-electron chi connectivity index (χ3n) is 2.14. The van der Waals surface area contributed by atoms with Crippen molar-refractivity contribution >= 4 is 11.8 Å². The molecule has 0 aliphatic heterocycles. The first kappa shape index (κ1) is 13.0. The van der Waals surface area contributed by atoms with Crippen molar-refractivity contribution in [3.05, 3.63) is 23.8 Å². The van der Waals surface area contributed by atoms with E-state index in [0.29, 0.717) is 17.1 Å². The van der Waals surface area contributed by atoms with E-state index >= 15 is 0 Å². The van der Waals surface area contributed by atoms with Gasteiger partial charge in [-0.25, -0.2) is 4.79 Å². The number of ether oxygens (including phenoxy) is 3. The van der Waals surface area contributed by atoms with E-state index in [1.165, 1.54) is 21.1 Å². The fourth-order valence-corrected chi connectivity index (χ4v) is 1.23. The number of carbonyl (C=O) groups is 2. The molecule has 0 radical (unpaired) electrons. The third kappa shape index (κ3) is 3.48. The van der Waals surface area contributed by atoms with E-state index in [2.05, 4.69) is 4.74 Å². The van der Waals surface area contributed by atoms with E-state index in [4.69, 9.17) is 9.47 Å². The van der Waals surface area contributed by atoms with Crippen LogP contribution >= 0.6 is 0 Å². The molecule has 5 heteroatoms. The first-order valence-electron chi connectivity index (χ1n) is 4.97. The van der Waals surface area contributed by atoms with Crippen LogP contribution in [0.2, 0.25) is 0 Å². The lowest BCUT2D eigenvalue weighted by Crippen LogP contribution is -2.14. The van der Waals surface area contributed by atoms with Crippen LogP contribution in [-0.4, -0.2) is 32.6 Å². The summed E-state index contributed by atoms with van der Waals surface area (Å²) in [7, 11) is 2.78. The van der Waals surface area contributed by atoms with Crippen molar-refractivity contribution in [1.82, 2.24) is 0 Å². The number of hydrogen-bond acceptors (Lipinski definition) is 5. The summed E-state index contributed by atoms with van der Waals surface area (Å²) in [5, 5.41) is 0. The lowest BCUT2D eigenvalue weighted by Gasteiger charge is -2.10. The Kier molecular flexibility index (Phi) is 4.51. The average Bonchev–Trinajstić information content (AvgIpc) is 2.35. The Labute approximate surface area is 99.3 Å². The molecule has 0 aliphatic rings. The van der Waals surface area contributed by atoms with Crippen LogP contribution in [0.1, 0.15) is 17.3 Å². The van der Waals surface area contributed by atoms with E-state index in [9.17, 15) is 9.59 Å². The highest BCUT2D eigenvalue weighted by molar-refractivity contribution is 5.97. The average molecular weight is 238 g/mol. The van der Waals surface area contributed by atoms with Crippen molar-refractivity contribution in [2.75, 3.05) is 20.8 Å². The molecule has 0 saturated heterocycles. The molecule has 0 bridgehead atoms. The van der Waals surface area contributed by atoms with Crippen LogP contribution in [0.3, 0.4) is 0 Å². The second-order valence-electron chi connectivity index (χ2n) is 3.28. The molecule has 0 atom stereocenters. The van der Waals surface area contributed by atoms with Gasteiger partial charge in [0.25, 0.3) is 0 Å². The van der Waals surface area contributed by atoms with Gasteiger partial charge < -0.3 is 14.2 Å². The zero-order valence-electron chi connectivity index (χ0n) is 9.98. The summed E-state index contributed by atoms with van der Waals surface area (Å²) in [4.78, 5) is 22.3. The molecular weight excluding hydrogens is 224 g/mol. The maximum absolute atomic E-state index is 11.4. The van der Waals surface area contributed by atoms with Gasteiger partial charge in [0, 0.05) is 0 Å². The number of hydrogen-bond donors (Lipinski definition) is 0. The van der Waals surface area contributed by atoms with E-state index < -0.39 is 5.97 Å². The van der Waals surface area contributed by atoms with Gasteiger partial charge in [-0.3, -0.25) is 4.79 Å². The Morgan fingerprint density at radius 1 is 1.24 bits per heavy atom. The van der Waals surface area contributed by atoms with E-state index in [1.807, 2.05) is 0 Å². The molecule has 1 aromatic carbocycles. The number of carbonyl (C=O) groups excluding carboxylic acids is 2. The predicted molar refractivity (Wildman–Crippen MR) is 60.5 cm³/mol. The quantitative estimate of drug-likeness (QED) is 0.574. The van der Waals surface area contributed by atoms with E-state index in [0.717, 1.165) is 0 Å². The summed E-state index contributed by atoms with van der Waals surface area (Å²) in [5.74, 6) is 0.225. The molecule has 0 fully saturated rings. The summed E-state index contributed by atoms with van der Waals surface area (Å²) in [6, 6.07) is 4.80. The van der Waals surface area contributed by atoms with Crippen LogP contribution in [0, 0.1) is 0 Å². The molecule has 0 heterocycles. The van der Waals surface area contributed by atoms with Gasteiger partial charge in [-0.1, -0.05) is 0 Å². The van der Waals surface area contributed by atoms with Crippen molar-refractivity contribution in [2.45, 2.75) is 6.92 Å². The van der Waals surface area contributed by atoms with Crippen molar-refractivity contribution < 1.29 is 23.8 Å². The van der Waals surface area contributed by atoms with Crippen molar-refractivity contribution in [3.63, 3.8) is 0 Å². The Morgan fingerprint density at radius 2 is 1.94 bits per heavy atom. The smallest absolute Gasteiger partial charge is 0.343 e. The molecule has 0 aliphatic carbocycles. The maximum atomic E-state index is 11.4.